The molecule has 2 heterocycles. The largest absolute Gasteiger partial charge is 0.379 e. The highest BCUT2D eigenvalue weighted by molar-refractivity contribution is 5.90. The number of carbonyl (C=O) groups excluding carboxylic acids is 1. The normalized spacial score (nSPS) is 21.3. The van der Waals surface area contributed by atoms with E-state index in [1.807, 2.05) is 12.1 Å². The van der Waals surface area contributed by atoms with Gasteiger partial charge in [0.25, 0.3) is 0 Å². The highest BCUT2D eigenvalue weighted by Crippen LogP contribution is 2.23. The fraction of sp³-hybridized carbons (Fsp3) is 0.632. The van der Waals surface area contributed by atoms with Gasteiger partial charge in [0, 0.05) is 31.2 Å². The molecule has 2 fully saturated rings. The van der Waals surface area contributed by atoms with Gasteiger partial charge in [-0.15, -0.1) is 24.8 Å². The summed E-state index contributed by atoms with van der Waals surface area (Å²) in [5.74, 6) is 0.781. The topological polar surface area (TPSA) is 53.6 Å². The van der Waals surface area contributed by atoms with Gasteiger partial charge >= 0.3 is 0 Å². The van der Waals surface area contributed by atoms with Crippen LogP contribution >= 0.6 is 24.8 Å². The maximum atomic E-state index is 12.1. The van der Waals surface area contributed by atoms with E-state index in [4.69, 9.17) is 4.74 Å². The molecule has 0 aliphatic carbocycles. The second kappa shape index (κ2) is 11.8. The van der Waals surface area contributed by atoms with Crippen molar-refractivity contribution in [2.75, 3.05) is 44.7 Å². The fourth-order valence-corrected chi connectivity index (χ4v) is 3.54. The molecule has 3 rings (SSSR count). The molecule has 5 nitrogen and oxygen atoms in total. The Balaban J connectivity index is 0.00000169. The average molecular weight is 404 g/mol. The summed E-state index contributed by atoms with van der Waals surface area (Å²) in [5.41, 5.74) is 2.18. The number of hydrogen-bond donors (Lipinski definition) is 2. The van der Waals surface area contributed by atoms with Crippen molar-refractivity contribution in [2.45, 2.75) is 32.2 Å². The molecule has 1 aromatic rings. The predicted molar refractivity (Wildman–Crippen MR) is 111 cm³/mol. The van der Waals surface area contributed by atoms with Gasteiger partial charge in [0.1, 0.15) is 0 Å². The molecule has 2 aliphatic heterocycles. The first-order valence-corrected chi connectivity index (χ1v) is 9.14. The molecule has 2 unspecified atom stereocenters. The van der Waals surface area contributed by atoms with E-state index in [0.29, 0.717) is 18.4 Å². The van der Waals surface area contributed by atoms with Gasteiger partial charge in [0.15, 0.2) is 0 Å². The summed E-state index contributed by atoms with van der Waals surface area (Å²) in [6.45, 7) is 7.97. The Morgan fingerprint density at radius 2 is 1.96 bits per heavy atom. The highest BCUT2D eigenvalue weighted by atomic mass is 35.5. The Morgan fingerprint density at radius 1 is 1.27 bits per heavy atom. The number of carbonyl (C=O) groups is 1. The molecule has 0 bridgehead atoms. The molecule has 2 N–H and O–H groups in total. The van der Waals surface area contributed by atoms with Crippen LogP contribution in [0.15, 0.2) is 24.3 Å². The molecule has 2 saturated heterocycles. The molecular weight excluding hydrogens is 373 g/mol. The molecule has 0 aromatic heterocycles. The Bertz CT molecular complexity index is 530. The maximum Gasteiger partial charge on any atom is 0.224 e. The molecule has 1 aromatic carbocycles. The molecule has 0 saturated carbocycles. The number of morpholine rings is 1. The Kier molecular flexibility index (Phi) is 10.5. The lowest BCUT2D eigenvalue weighted by atomic mass is 10.0. The number of amides is 1. The van der Waals surface area contributed by atoms with Crippen molar-refractivity contribution in [3.63, 3.8) is 0 Å². The van der Waals surface area contributed by atoms with Crippen molar-refractivity contribution in [3.8, 4) is 0 Å². The minimum Gasteiger partial charge on any atom is -0.379 e. The molecule has 26 heavy (non-hydrogen) atoms. The summed E-state index contributed by atoms with van der Waals surface area (Å²) in [4.78, 5) is 14.5. The fourth-order valence-electron chi connectivity index (χ4n) is 3.54. The first-order chi connectivity index (χ1) is 11.7. The standard InChI is InChI=1S/C19H29N3O2.2ClH/c1-15(22-10-12-24-13-11-22)17-3-5-18(6-4-17)21-19(23)7-2-16-8-9-20-14-16;;/h3-6,15-16,20H,2,7-14H2,1H3,(H,21,23);2*1H. The number of hydrogen-bond acceptors (Lipinski definition) is 4. The van der Waals surface area contributed by atoms with Gasteiger partial charge in [-0.25, -0.2) is 0 Å². The number of halogens is 2. The van der Waals surface area contributed by atoms with Gasteiger partial charge in [-0.05, 0) is 56.5 Å². The van der Waals surface area contributed by atoms with Gasteiger partial charge in [-0.3, -0.25) is 9.69 Å². The van der Waals surface area contributed by atoms with Crippen molar-refractivity contribution < 1.29 is 9.53 Å². The second-order valence-corrected chi connectivity index (χ2v) is 6.89. The van der Waals surface area contributed by atoms with E-state index in [1.54, 1.807) is 0 Å². The number of rotatable bonds is 6. The summed E-state index contributed by atoms with van der Waals surface area (Å²) in [5, 5.41) is 6.36. The molecule has 0 radical (unpaired) electrons. The van der Waals surface area contributed by atoms with Crippen molar-refractivity contribution in [1.82, 2.24) is 10.2 Å². The van der Waals surface area contributed by atoms with E-state index < -0.39 is 0 Å². The number of benzene rings is 1. The van der Waals surface area contributed by atoms with Crippen molar-refractivity contribution in [3.05, 3.63) is 29.8 Å². The molecular formula is C19H31Cl2N3O2. The van der Waals surface area contributed by atoms with Crippen LogP contribution < -0.4 is 10.6 Å². The first-order valence-electron chi connectivity index (χ1n) is 9.14. The number of anilines is 1. The van der Waals surface area contributed by atoms with Crippen LogP contribution in [-0.2, 0) is 9.53 Å². The third kappa shape index (κ3) is 6.71. The van der Waals surface area contributed by atoms with E-state index >= 15 is 0 Å². The Morgan fingerprint density at radius 3 is 2.58 bits per heavy atom. The number of nitrogens with zero attached hydrogens (tertiary/aromatic N) is 1. The van der Waals surface area contributed by atoms with Crippen LogP contribution in [-0.4, -0.2) is 50.2 Å². The van der Waals surface area contributed by atoms with Crippen LogP contribution in [0.25, 0.3) is 0 Å². The van der Waals surface area contributed by atoms with E-state index in [0.717, 1.165) is 51.5 Å². The quantitative estimate of drug-likeness (QED) is 0.765. The summed E-state index contributed by atoms with van der Waals surface area (Å²) in [6.07, 6.45) is 2.78. The molecule has 2 atom stereocenters. The second-order valence-electron chi connectivity index (χ2n) is 6.89. The lowest BCUT2D eigenvalue weighted by Gasteiger charge is -2.32. The SMILES string of the molecule is CC(c1ccc(NC(=O)CCC2CCNC2)cc1)N1CCOCC1.Cl.Cl. The first kappa shape index (κ1) is 23.2. The molecule has 148 valence electrons. The zero-order chi connectivity index (χ0) is 16.8. The smallest absolute Gasteiger partial charge is 0.224 e. The van der Waals surface area contributed by atoms with Gasteiger partial charge in [0.2, 0.25) is 5.91 Å². The monoisotopic (exact) mass is 403 g/mol. The minimum absolute atomic E-state index is 0. The summed E-state index contributed by atoms with van der Waals surface area (Å²) in [6, 6.07) is 8.66. The third-order valence-corrected chi connectivity index (χ3v) is 5.21. The Hall–Kier alpha value is -0.850. The predicted octanol–water partition coefficient (Wildman–Crippen LogP) is 3.25. The van der Waals surface area contributed by atoms with Gasteiger partial charge in [-0.2, -0.15) is 0 Å². The van der Waals surface area contributed by atoms with Crippen LogP contribution in [0.4, 0.5) is 5.69 Å². The van der Waals surface area contributed by atoms with Crippen molar-refractivity contribution in [2.24, 2.45) is 5.92 Å². The van der Waals surface area contributed by atoms with Crippen molar-refractivity contribution >= 4 is 36.4 Å². The lowest BCUT2D eigenvalue weighted by Crippen LogP contribution is -2.37. The number of ether oxygens (including phenoxy) is 1. The van der Waals surface area contributed by atoms with E-state index in [2.05, 4.69) is 34.6 Å². The highest BCUT2D eigenvalue weighted by Gasteiger charge is 2.18. The zero-order valence-corrected chi connectivity index (χ0v) is 17.0. The van der Waals surface area contributed by atoms with Gasteiger partial charge < -0.3 is 15.4 Å². The zero-order valence-electron chi connectivity index (χ0n) is 15.4. The summed E-state index contributed by atoms with van der Waals surface area (Å²) < 4.78 is 5.42. The van der Waals surface area contributed by atoms with Crippen LogP contribution in [0.1, 0.15) is 37.8 Å². The van der Waals surface area contributed by atoms with E-state index in [1.165, 1.54) is 12.0 Å². The lowest BCUT2D eigenvalue weighted by molar-refractivity contribution is -0.116. The maximum absolute atomic E-state index is 12.1. The van der Waals surface area contributed by atoms with Crippen LogP contribution in [0.3, 0.4) is 0 Å². The minimum atomic E-state index is 0. The molecule has 2 aliphatic rings. The molecule has 7 heteroatoms. The van der Waals surface area contributed by atoms with Gasteiger partial charge in [0.05, 0.1) is 13.2 Å². The Labute approximate surface area is 169 Å². The third-order valence-electron chi connectivity index (χ3n) is 5.21. The van der Waals surface area contributed by atoms with E-state index in [9.17, 15) is 4.79 Å². The van der Waals surface area contributed by atoms with Crippen molar-refractivity contribution in [1.29, 1.82) is 0 Å². The van der Waals surface area contributed by atoms with Crippen LogP contribution in [0.2, 0.25) is 0 Å². The van der Waals surface area contributed by atoms with Crippen LogP contribution in [0, 0.1) is 5.92 Å². The van der Waals surface area contributed by atoms with Gasteiger partial charge in [-0.1, -0.05) is 12.1 Å². The molecule has 1 amide bonds. The van der Waals surface area contributed by atoms with E-state index in [-0.39, 0.29) is 30.7 Å². The summed E-state index contributed by atoms with van der Waals surface area (Å²) in [7, 11) is 0. The average Bonchev–Trinajstić information content (AvgIpc) is 3.14. The molecule has 0 spiro atoms. The summed E-state index contributed by atoms with van der Waals surface area (Å²) >= 11 is 0. The van der Waals surface area contributed by atoms with Crippen LogP contribution in [0.5, 0.6) is 0 Å². The number of nitrogens with one attached hydrogen (secondary N) is 2.